The van der Waals surface area contributed by atoms with Gasteiger partial charge in [0.15, 0.2) is 0 Å². The molecule has 0 fully saturated rings. The zero-order valence-electron chi connectivity index (χ0n) is 10.7. The second-order valence-corrected chi connectivity index (χ2v) is 4.71. The first-order chi connectivity index (χ1) is 8.62. The lowest BCUT2D eigenvalue weighted by molar-refractivity contribution is 0.480. The van der Waals surface area contributed by atoms with Crippen LogP contribution in [0.15, 0.2) is 54.6 Å². The molecule has 2 aromatic rings. The van der Waals surface area contributed by atoms with Gasteiger partial charge in [-0.05, 0) is 43.7 Å². The Morgan fingerprint density at radius 1 is 0.944 bits per heavy atom. The van der Waals surface area contributed by atoms with Crippen LogP contribution in [0.5, 0.6) is 11.5 Å². The number of ether oxygens (including phenoxy) is 1. The van der Waals surface area contributed by atoms with Crippen LogP contribution in [0.2, 0.25) is 0 Å². The summed E-state index contributed by atoms with van der Waals surface area (Å²) in [7, 11) is 0. The number of terminal acetylenes is 1. The van der Waals surface area contributed by atoms with Gasteiger partial charge < -0.3 is 4.74 Å². The second-order valence-electron chi connectivity index (χ2n) is 4.71. The standard InChI is InChI=1S/C17H16O/c1-4-17(2,3)14-9-8-12-16(13-14)18-15-10-6-5-7-11-15/h1,5-13H,2-3H3. The highest BCUT2D eigenvalue weighted by Gasteiger charge is 2.17. The van der Waals surface area contributed by atoms with Gasteiger partial charge >= 0.3 is 0 Å². The van der Waals surface area contributed by atoms with Gasteiger partial charge in [-0.25, -0.2) is 0 Å². The van der Waals surface area contributed by atoms with Crippen molar-refractivity contribution in [3.63, 3.8) is 0 Å². The van der Waals surface area contributed by atoms with Crippen LogP contribution in [-0.2, 0) is 5.41 Å². The summed E-state index contributed by atoms with van der Waals surface area (Å²) in [5.41, 5.74) is 0.800. The van der Waals surface area contributed by atoms with Gasteiger partial charge in [-0.15, -0.1) is 6.42 Å². The van der Waals surface area contributed by atoms with Crippen molar-refractivity contribution in [2.75, 3.05) is 0 Å². The topological polar surface area (TPSA) is 9.23 Å². The molecule has 0 spiro atoms. The molecular formula is C17H16O. The summed E-state index contributed by atoms with van der Waals surface area (Å²) in [4.78, 5) is 0. The molecule has 0 heterocycles. The third-order valence-electron chi connectivity index (χ3n) is 2.90. The molecule has 0 atom stereocenters. The van der Waals surface area contributed by atoms with Gasteiger partial charge in [0.25, 0.3) is 0 Å². The predicted octanol–water partition coefficient (Wildman–Crippen LogP) is 4.39. The maximum absolute atomic E-state index is 5.79. The largest absolute Gasteiger partial charge is 0.457 e. The first-order valence-corrected chi connectivity index (χ1v) is 5.93. The van der Waals surface area contributed by atoms with Crippen LogP contribution in [0.3, 0.4) is 0 Å². The average molecular weight is 236 g/mol. The van der Waals surface area contributed by atoms with Gasteiger partial charge in [0.1, 0.15) is 11.5 Å². The summed E-state index contributed by atoms with van der Waals surface area (Å²) in [5.74, 6) is 4.43. The molecule has 1 heteroatoms. The number of para-hydroxylation sites is 1. The third-order valence-corrected chi connectivity index (χ3v) is 2.90. The van der Waals surface area contributed by atoms with Gasteiger partial charge in [0, 0.05) is 0 Å². The minimum atomic E-state index is -0.282. The Labute approximate surface area is 108 Å². The van der Waals surface area contributed by atoms with Crippen molar-refractivity contribution in [3.05, 3.63) is 60.2 Å². The fraction of sp³-hybridized carbons (Fsp3) is 0.176. The van der Waals surface area contributed by atoms with Crippen molar-refractivity contribution in [3.8, 4) is 23.8 Å². The Hall–Kier alpha value is -2.20. The van der Waals surface area contributed by atoms with Crippen LogP contribution in [0.1, 0.15) is 19.4 Å². The molecule has 0 saturated carbocycles. The molecule has 1 nitrogen and oxygen atoms in total. The van der Waals surface area contributed by atoms with E-state index in [9.17, 15) is 0 Å². The van der Waals surface area contributed by atoms with Crippen LogP contribution in [0.4, 0.5) is 0 Å². The fourth-order valence-electron chi connectivity index (χ4n) is 1.66. The number of rotatable bonds is 3. The van der Waals surface area contributed by atoms with Gasteiger partial charge in [0.05, 0.1) is 5.41 Å². The van der Waals surface area contributed by atoms with E-state index in [2.05, 4.69) is 5.92 Å². The van der Waals surface area contributed by atoms with Crippen LogP contribution in [0, 0.1) is 12.3 Å². The molecule has 0 radical (unpaired) electrons. The summed E-state index contributed by atoms with van der Waals surface area (Å²) in [6.45, 7) is 4.04. The van der Waals surface area contributed by atoms with Crippen molar-refractivity contribution in [1.29, 1.82) is 0 Å². The molecule has 0 bridgehead atoms. The third kappa shape index (κ3) is 2.73. The van der Waals surface area contributed by atoms with E-state index in [4.69, 9.17) is 11.2 Å². The highest BCUT2D eigenvalue weighted by Crippen LogP contribution is 2.28. The van der Waals surface area contributed by atoms with Gasteiger partial charge in [-0.1, -0.05) is 36.3 Å². The molecular weight excluding hydrogens is 220 g/mol. The number of benzene rings is 2. The lowest BCUT2D eigenvalue weighted by Crippen LogP contribution is -2.13. The van der Waals surface area contributed by atoms with Gasteiger partial charge in [-0.3, -0.25) is 0 Å². The zero-order chi connectivity index (χ0) is 13.0. The summed E-state index contributed by atoms with van der Waals surface area (Å²) in [6.07, 6.45) is 5.55. The molecule has 0 unspecified atom stereocenters. The Kier molecular flexibility index (Phi) is 3.39. The SMILES string of the molecule is C#CC(C)(C)c1cccc(Oc2ccccc2)c1. The minimum Gasteiger partial charge on any atom is -0.457 e. The van der Waals surface area contributed by atoms with E-state index in [1.165, 1.54) is 0 Å². The second kappa shape index (κ2) is 4.98. The Morgan fingerprint density at radius 3 is 2.28 bits per heavy atom. The molecule has 0 amide bonds. The minimum absolute atomic E-state index is 0.282. The van der Waals surface area contributed by atoms with Crippen molar-refractivity contribution < 1.29 is 4.74 Å². The lowest BCUT2D eigenvalue weighted by atomic mass is 9.86. The fourth-order valence-corrected chi connectivity index (χ4v) is 1.66. The molecule has 2 rings (SSSR count). The molecule has 0 aliphatic rings. The first kappa shape index (κ1) is 12.3. The number of hydrogen-bond acceptors (Lipinski definition) is 1. The summed E-state index contributed by atoms with van der Waals surface area (Å²) >= 11 is 0. The Morgan fingerprint density at radius 2 is 1.61 bits per heavy atom. The first-order valence-electron chi connectivity index (χ1n) is 5.93. The lowest BCUT2D eigenvalue weighted by Gasteiger charge is -2.18. The van der Waals surface area contributed by atoms with Crippen LogP contribution < -0.4 is 4.74 Å². The van der Waals surface area contributed by atoms with E-state index in [1.807, 2.05) is 68.4 Å². The van der Waals surface area contributed by atoms with Crippen LogP contribution >= 0.6 is 0 Å². The summed E-state index contributed by atoms with van der Waals surface area (Å²) in [6, 6.07) is 17.6. The Bertz CT molecular complexity index is 562. The highest BCUT2D eigenvalue weighted by molar-refractivity contribution is 5.39. The smallest absolute Gasteiger partial charge is 0.127 e. The molecule has 0 N–H and O–H groups in total. The van der Waals surface area contributed by atoms with E-state index in [0.717, 1.165) is 17.1 Å². The van der Waals surface area contributed by atoms with Gasteiger partial charge in [0.2, 0.25) is 0 Å². The Balaban J connectivity index is 2.27. The van der Waals surface area contributed by atoms with Crippen molar-refractivity contribution >= 4 is 0 Å². The average Bonchev–Trinajstić information content (AvgIpc) is 2.40. The van der Waals surface area contributed by atoms with Crippen molar-refractivity contribution in [2.24, 2.45) is 0 Å². The van der Waals surface area contributed by atoms with E-state index in [0.29, 0.717) is 0 Å². The predicted molar refractivity (Wildman–Crippen MR) is 74.8 cm³/mol. The van der Waals surface area contributed by atoms with Crippen molar-refractivity contribution in [1.82, 2.24) is 0 Å². The van der Waals surface area contributed by atoms with E-state index in [-0.39, 0.29) is 5.41 Å². The van der Waals surface area contributed by atoms with E-state index >= 15 is 0 Å². The quantitative estimate of drug-likeness (QED) is 0.718. The highest BCUT2D eigenvalue weighted by atomic mass is 16.5. The van der Waals surface area contributed by atoms with Crippen molar-refractivity contribution in [2.45, 2.75) is 19.3 Å². The summed E-state index contributed by atoms with van der Waals surface area (Å²) in [5, 5.41) is 0. The molecule has 0 aliphatic heterocycles. The number of hydrogen-bond donors (Lipinski definition) is 0. The zero-order valence-corrected chi connectivity index (χ0v) is 10.7. The van der Waals surface area contributed by atoms with Crippen LogP contribution in [-0.4, -0.2) is 0 Å². The summed E-state index contributed by atoms with van der Waals surface area (Å²) < 4.78 is 5.79. The van der Waals surface area contributed by atoms with E-state index < -0.39 is 0 Å². The van der Waals surface area contributed by atoms with E-state index in [1.54, 1.807) is 0 Å². The maximum Gasteiger partial charge on any atom is 0.127 e. The molecule has 0 aromatic heterocycles. The molecule has 0 saturated heterocycles. The monoisotopic (exact) mass is 236 g/mol. The molecule has 0 aliphatic carbocycles. The molecule has 18 heavy (non-hydrogen) atoms. The van der Waals surface area contributed by atoms with Crippen LogP contribution in [0.25, 0.3) is 0 Å². The van der Waals surface area contributed by atoms with Gasteiger partial charge in [-0.2, -0.15) is 0 Å². The molecule has 2 aromatic carbocycles. The maximum atomic E-state index is 5.79. The normalized spacial score (nSPS) is 10.7. The molecule has 90 valence electrons.